The molecule has 1 aromatic heterocycles. The van der Waals surface area contributed by atoms with Crippen LogP contribution in [-0.2, 0) is 24.3 Å². The van der Waals surface area contributed by atoms with E-state index in [0.717, 1.165) is 12.2 Å². The highest BCUT2D eigenvalue weighted by molar-refractivity contribution is 5.82. The lowest BCUT2D eigenvalue weighted by molar-refractivity contribution is -0.126. The number of amides is 1. The zero-order valence-corrected chi connectivity index (χ0v) is 15.0. The van der Waals surface area contributed by atoms with Gasteiger partial charge in [-0.05, 0) is 44.5 Å². The largest absolute Gasteiger partial charge is 0.353 e. The predicted molar refractivity (Wildman–Crippen MR) is 96.4 cm³/mol. The third kappa shape index (κ3) is 3.79. The predicted octanol–water partition coefficient (Wildman–Crippen LogP) is 1.03. The lowest BCUT2D eigenvalue weighted by atomic mass is 9.94. The Kier molecular flexibility index (Phi) is 4.99. The van der Waals surface area contributed by atoms with Crippen molar-refractivity contribution in [2.24, 2.45) is 0 Å². The monoisotopic (exact) mass is 340 g/mol. The van der Waals surface area contributed by atoms with Gasteiger partial charge in [-0.1, -0.05) is 24.3 Å². The van der Waals surface area contributed by atoms with Crippen molar-refractivity contribution in [3.05, 3.63) is 63.3 Å². The highest BCUT2D eigenvalue weighted by Crippen LogP contribution is 2.21. The van der Waals surface area contributed by atoms with Gasteiger partial charge in [0.05, 0.1) is 6.04 Å². The van der Waals surface area contributed by atoms with Crippen molar-refractivity contribution in [1.82, 2.24) is 19.8 Å². The Morgan fingerprint density at radius 2 is 2.00 bits per heavy atom. The third-order valence-electron chi connectivity index (χ3n) is 4.77. The molecule has 25 heavy (non-hydrogen) atoms. The number of carbonyl (C=O) groups is 1. The third-order valence-corrected chi connectivity index (χ3v) is 4.77. The zero-order valence-electron chi connectivity index (χ0n) is 15.0. The molecule has 6 heteroatoms. The molecule has 3 rings (SSSR count). The summed E-state index contributed by atoms with van der Waals surface area (Å²) < 4.78 is 1.59. The Bertz CT molecular complexity index is 844. The van der Waals surface area contributed by atoms with Gasteiger partial charge < -0.3 is 5.32 Å². The topological polar surface area (TPSA) is 67.2 Å². The van der Waals surface area contributed by atoms with Gasteiger partial charge in [-0.25, -0.2) is 4.79 Å². The molecule has 0 saturated carbocycles. The minimum Gasteiger partial charge on any atom is -0.353 e. The van der Waals surface area contributed by atoms with Crippen LogP contribution in [0.1, 0.15) is 22.5 Å². The first-order valence-corrected chi connectivity index (χ1v) is 8.55. The highest BCUT2D eigenvalue weighted by Gasteiger charge is 2.28. The average Bonchev–Trinajstić information content (AvgIpc) is 2.56. The fourth-order valence-electron chi connectivity index (χ4n) is 3.40. The number of hydrogen-bond acceptors (Lipinski definition) is 4. The molecule has 1 atom stereocenters. The number of carbonyl (C=O) groups excluding carboxylic acids is 1. The van der Waals surface area contributed by atoms with E-state index in [1.807, 2.05) is 32.2 Å². The van der Waals surface area contributed by atoms with E-state index in [9.17, 15) is 9.59 Å². The molecule has 1 aliphatic rings. The van der Waals surface area contributed by atoms with Gasteiger partial charge >= 0.3 is 5.69 Å². The van der Waals surface area contributed by atoms with Crippen LogP contribution in [-0.4, -0.2) is 40.0 Å². The van der Waals surface area contributed by atoms with E-state index in [2.05, 4.69) is 27.3 Å². The van der Waals surface area contributed by atoms with E-state index in [4.69, 9.17) is 0 Å². The maximum absolute atomic E-state index is 12.6. The van der Waals surface area contributed by atoms with Crippen LogP contribution in [0.3, 0.4) is 0 Å². The van der Waals surface area contributed by atoms with Gasteiger partial charge in [0.25, 0.3) is 0 Å². The van der Waals surface area contributed by atoms with E-state index in [0.29, 0.717) is 25.2 Å². The van der Waals surface area contributed by atoms with E-state index in [1.165, 1.54) is 11.1 Å². The van der Waals surface area contributed by atoms with Gasteiger partial charge in [0.1, 0.15) is 0 Å². The first-order chi connectivity index (χ1) is 12.0. The first-order valence-electron chi connectivity index (χ1n) is 8.55. The molecule has 132 valence electrons. The quantitative estimate of drug-likeness (QED) is 0.903. The fraction of sp³-hybridized carbons (Fsp3) is 0.421. The minimum absolute atomic E-state index is 0.00257. The van der Waals surface area contributed by atoms with E-state index in [-0.39, 0.29) is 17.6 Å². The van der Waals surface area contributed by atoms with Gasteiger partial charge in [-0.15, -0.1) is 0 Å². The summed E-state index contributed by atoms with van der Waals surface area (Å²) in [7, 11) is 1.97. The molecule has 0 fully saturated rings. The number of nitrogens with zero attached hydrogens (tertiary/aromatic N) is 3. The van der Waals surface area contributed by atoms with Crippen molar-refractivity contribution in [3.8, 4) is 0 Å². The Morgan fingerprint density at radius 3 is 2.72 bits per heavy atom. The molecular formula is C19H24N4O2. The maximum Gasteiger partial charge on any atom is 0.348 e. The van der Waals surface area contributed by atoms with Crippen molar-refractivity contribution in [2.45, 2.75) is 39.4 Å². The van der Waals surface area contributed by atoms with Crippen LogP contribution in [0.5, 0.6) is 0 Å². The van der Waals surface area contributed by atoms with Gasteiger partial charge in [-0.2, -0.15) is 4.98 Å². The molecule has 0 aliphatic carbocycles. The van der Waals surface area contributed by atoms with Gasteiger partial charge in [-0.3, -0.25) is 14.3 Å². The average molecular weight is 340 g/mol. The molecule has 0 saturated heterocycles. The Hall–Kier alpha value is -2.47. The summed E-state index contributed by atoms with van der Waals surface area (Å²) >= 11 is 0. The standard InChI is InChI=1S/C19H24N4O2/c1-13-10-14(2)23(19(25)21-13)9-8-20-18(24)17-11-15-6-4-5-7-16(15)12-22(17)3/h4-7,10,17H,8-9,11-12H2,1-3H3,(H,20,24). The summed E-state index contributed by atoms with van der Waals surface area (Å²) in [5, 5.41) is 2.96. The van der Waals surface area contributed by atoms with E-state index in [1.54, 1.807) is 11.5 Å². The number of aromatic nitrogens is 2. The number of nitrogens with one attached hydrogen (secondary N) is 1. The summed E-state index contributed by atoms with van der Waals surface area (Å²) in [6.07, 6.45) is 0.712. The number of benzene rings is 1. The van der Waals surface area contributed by atoms with Crippen molar-refractivity contribution in [1.29, 1.82) is 0 Å². The minimum atomic E-state index is -0.268. The molecular weight excluding hydrogens is 316 g/mol. The molecule has 1 N–H and O–H groups in total. The Balaban J connectivity index is 1.61. The van der Waals surface area contributed by atoms with Crippen LogP contribution in [0.4, 0.5) is 0 Å². The van der Waals surface area contributed by atoms with Crippen molar-refractivity contribution >= 4 is 5.91 Å². The van der Waals surface area contributed by atoms with E-state index < -0.39 is 0 Å². The molecule has 1 unspecified atom stereocenters. The normalized spacial score (nSPS) is 17.2. The smallest absolute Gasteiger partial charge is 0.348 e. The summed E-state index contributed by atoms with van der Waals surface area (Å²) in [5.41, 5.74) is 3.81. The second kappa shape index (κ2) is 7.19. The molecule has 1 aliphatic heterocycles. The highest BCUT2D eigenvalue weighted by atomic mass is 16.2. The molecule has 1 amide bonds. The number of aryl methyl sites for hydroxylation is 2. The van der Waals surface area contributed by atoms with Crippen LogP contribution in [0.15, 0.2) is 35.1 Å². The van der Waals surface area contributed by atoms with Gasteiger partial charge in [0.15, 0.2) is 0 Å². The van der Waals surface area contributed by atoms with Crippen molar-refractivity contribution < 1.29 is 4.79 Å². The number of fused-ring (bicyclic) bond motifs is 1. The van der Waals surface area contributed by atoms with Crippen LogP contribution in [0.2, 0.25) is 0 Å². The summed E-state index contributed by atoms with van der Waals surface area (Å²) in [5.74, 6) is 0.00257. The van der Waals surface area contributed by atoms with E-state index >= 15 is 0 Å². The van der Waals surface area contributed by atoms with Crippen LogP contribution < -0.4 is 11.0 Å². The Morgan fingerprint density at radius 1 is 1.28 bits per heavy atom. The zero-order chi connectivity index (χ0) is 18.0. The van der Waals surface area contributed by atoms with Crippen LogP contribution in [0.25, 0.3) is 0 Å². The van der Waals surface area contributed by atoms with Gasteiger partial charge in [0, 0.05) is 31.0 Å². The van der Waals surface area contributed by atoms with Crippen molar-refractivity contribution in [2.75, 3.05) is 13.6 Å². The molecule has 2 heterocycles. The molecule has 6 nitrogen and oxygen atoms in total. The second-order valence-electron chi connectivity index (χ2n) is 6.67. The number of likely N-dealkylation sites (N-methyl/N-ethyl adjacent to an activating group) is 1. The lowest BCUT2D eigenvalue weighted by Gasteiger charge is -2.33. The maximum atomic E-state index is 12.6. The summed E-state index contributed by atoms with van der Waals surface area (Å²) in [6, 6.07) is 9.93. The Labute approximate surface area is 147 Å². The molecule has 0 radical (unpaired) electrons. The summed E-state index contributed by atoms with van der Waals surface area (Å²) in [6.45, 7) is 5.29. The SMILES string of the molecule is Cc1cc(C)n(CCNC(=O)C2Cc3ccccc3CN2C)c(=O)n1. The fourth-order valence-corrected chi connectivity index (χ4v) is 3.40. The number of rotatable bonds is 4. The number of hydrogen-bond donors (Lipinski definition) is 1. The second-order valence-corrected chi connectivity index (χ2v) is 6.67. The molecule has 0 spiro atoms. The van der Waals surface area contributed by atoms with Crippen LogP contribution in [0, 0.1) is 13.8 Å². The van der Waals surface area contributed by atoms with Crippen molar-refractivity contribution in [3.63, 3.8) is 0 Å². The molecule has 2 aromatic rings. The van der Waals surface area contributed by atoms with Gasteiger partial charge in [0.2, 0.25) is 5.91 Å². The first kappa shape index (κ1) is 17.4. The summed E-state index contributed by atoms with van der Waals surface area (Å²) in [4.78, 5) is 30.6. The molecule has 1 aromatic carbocycles. The lowest BCUT2D eigenvalue weighted by Crippen LogP contribution is -2.49. The van der Waals surface area contributed by atoms with Crippen LogP contribution >= 0.6 is 0 Å². The molecule has 0 bridgehead atoms.